The van der Waals surface area contributed by atoms with Crippen LogP contribution in [0.4, 0.5) is 0 Å². The van der Waals surface area contributed by atoms with E-state index < -0.39 is 0 Å². The summed E-state index contributed by atoms with van der Waals surface area (Å²) in [6.45, 7) is 3.72. The summed E-state index contributed by atoms with van der Waals surface area (Å²) in [5.41, 5.74) is 3.11. The third kappa shape index (κ3) is 3.40. The number of fused-ring (bicyclic) bond motifs is 3. The van der Waals surface area contributed by atoms with Gasteiger partial charge in [0.25, 0.3) is 0 Å². The summed E-state index contributed by atoms with van der Waals surface area (Å²) in [6.07, 6.45) is 0.730. The van der Waals surface area contributed by atoms with Crippen LogP contribution in [-0.2, 0) is 19.5 Å². The average molecular weight is 386 g/mol. The SMILES string of the molecule is CCc1cc(=O)oc2c3c(c(Cl)cc12)OCN(Cc1ccc(OC)cc1)C3. The molecule has 0 fully saturated rings. The molecule has 0 N–H and O–H groups in total. The first-order valence-corrected chi connectivity index (χ1v) is 9.23. The van der Waals surface area contributed by atoms with Crippen LogP contribution in [0.2, 0.25) is 5.02 Å². The monoisotopic (exact) mass is 385 g/mol. The molecule has 2 heterocycles. The topological polar surface area (TPSA) is 51.9 Å². The predicted molar refractivity (Wildman–Crippen MR) is 105 cm³/mol. The molecule has 0 spiro atoms. The van der Waals surface area contributed by atoms with Gasteiger partial charge in [0.05, 0.1) is 17.7 Å². The van der Waals surface area contributed by atoms with E-state index in [0.29, 0.717) is 36.2 Å². The lowest BCUT2D eigenvalue weighted by Crippen LogP contribution is -2.32. The number of benzene rings is 2. The number of halogens is 1. The Kier molecular flexibility index (Phi) is 4.81. The standard InChI is InChI=1S/C21H20ClNO4/c1-3-14-8-19(24)27-20-16(14)9-18(22)21-17(20)11-23(12-26-21)10-13-4-6-15(25-2)7-5-13/h4-9H,3,10-12H2,1-2H3. The normalized spacial score (nSPS) is 14.0. The van der Waals surface area contributed by atoms with Gasteiger partial charge in [-0.1, -0.05) is 30.7 Å². The first-order valence-electron chi connectivity index (χ1n) is 8.85. The van der Waals surface area contributed by atoms with Gasteiger partial charge in [-0.15, -0.1) is 0 Å². The van der Waals surface area contributed by atoms with Crippen molar-refractivity contribution in [1.29, 1.82) is 0 Å². The van der Waals surface area contributed by atoms with Crippen molar-refractivity contribution in [2.24, 2.45) is 0 Å². The predicted octanol–water partition coefficient (Wildman–Crippen LogP) is 4.37. The molecule has 3 aromatic rings. The molecule has 6 heteroatoms. The molecule has 2 aromatic carbocycles. The van der Waals surface area contributed by atoms with E-state index >= 15 is 0 Å². The zero-order valence-electron chi connectivity index (χ0n) is 15.3. The van der Waals surface area contributed by atoms with Crippen LogP contribution in [0.15, 0.2) is 45.6 Å². The third-order valence-corrected chi connectivity index (χ3v) is 5.12. The summed E-state index contributed by atoms with van der Waals surface area (Å²) in [4.78, 5) is 14.1. The second kappa shape index (κ2) is 7.25. The van der Waals surface area contributed by atoms with Crippen molar-refractivity contribution < 1.29 is 13.9 Å². The van der Waals surface area contributed by atoms with Gasteiger partial charge in [0.15, 0.2) is 0 Å². The molecule has 0 unspecified atom stereocenters. The molecule has 0 amide bonds. The number of ether oxygens (including phenoxy) is 2. The number of rotatable bonds is 4. The van der Waals surface area contributed by atoms with Gasteiger partial charge in [0, 0.05) is 24.5 Å². The minimum atomic E-state index is -0.351. The number of nitrogens with zero attached hydrogens (tertiary/aromatic N) is 1. The van der Waals surface area contributed by atoms with E-state index in [0.717, 1.165) is 34.2 Å². The zero-order valence-corrected chi connectivity index (χ0v) is 16.0. The van der Waals surface area contributed by atoms with E-state index in [1.165, 1.54) is 6.07 Å². The lowest BCUT2D eigenvalue weighted by Gasteiger charge is -2.30. The summed E-state index contributed by atoms with van der Waals surface area (Å²) < 4.78 is 16.7. The van der Waals surface area contributed by atoms with Crippen LogP contribution in [0.3, 0.4) is 0 Å². The Labute approximate surface area is 162 Å². The fourth-order valence-electron chi connectivity index (χ4n) is 3.48. The molecule has 1 aromatic heterocycles. The number of hydrogen-bond donors (Lipinski definition) is 0. The lowest BCUT2D eigenvalue weighted by molar-refractivity contribution is 0.0890. The van der Waals surface area contributed by atoms with E-state index in [9.17, 15) is 4.79 Å². The zero-order chi connectivity index (χ0) is 19.0. The van der Waals surface area contributed by atoms with Crippen molar-refractivity contribution in [3.63, 3.8) is 0 Å². The molecule has 0 saturated heterocycles. The van der Waals surface area contributed by atoms with E-state index in [-0.39, 0.29) is 5.63 Å². The third-order valence-electron chi connectivity index (χ3n) is 4.84. The maximum absolute atomic E-state index is 12.0. The van der Waals surface area contributed by atoms with Gasteiger partial charge in [-0.05, 0) is 35.7 Å². The molecule has 0 bridgehead atoms. The molecule has 140 valence electrons. The molecule has 4 rings (SSSR count). The van der Waals surface area contributed by atoms with E-state index in [1.54, 1.807) is 7.11 Å². The molecule has 0 aliphatic carbocycles. The summed E-state index contributed by atoms with van der Waals surface area (Å²) in [5, 5.41) is 1.42. The fourth-order valence-corrected chi connectivity index (χ4v) is 3.76. The summed E-state index contributed by atoms with van der Waals surface area (Å²) in [7, 11) is 1.65. The van der Waals surface area contributed by atoms with Gasteiger partial charge in [0.2, 0.25) is 0 Å². The molecule has 1 aliphatic heterocycles. The van der Waals surface area contributed by atoms with Crippen LogP contribution >= 0.6 is 11.6 Å². The number of hydrogen-bond acceptors (Lipinski definition) is 5. The van der Waals surface area contributed by atoms with Crippen LogP contribution in [-0.4, -0.2) is 18.7 Å². The molecular formula is C21H20ClNO4. The maximum atomic E-state index is 12.0. The van der Waals surface area contributed by atoms with Crippen molar-refractivity contribution in [3.05, 3.63) is 68.5 Å². The number of aryl methyl sites for hydroxylation is 1. The van der Waals surface area contributed by atoms with Crippen LogP contribution in [0, 0.1) is 0 Å². The first kappa shape index (κ1) is 17.9. The highest BCUT2D eigenvalue weighted by Crippen LogP contribution is 2.39. The Hall–Kier alpha value is -2.50. The van der Waals surface area contributed by atoms with Crippen molar-refractivity contribution in [2.45, 2.75) is 26.4 Å². The van der Waals surface area contributed by atoms with Crippen molar-refractivity contribution in [3.8, 4) is 11.5 Å². The van der Waals surface area contributed by atoms with Gasteiger partial charge >= 0.3 is 5.63 Å². The molecule has 0 atom stereocenters. The van der Waals surface area contributed by atoms with Crippen LogP contribution in [0.1, 0.15) is 23.6 Å². The van der Waals surface area contributed by atoms with Gasteiger partial charge in [-0.3, -0.25) is 4.90 Å². The van der Waals surface area contributed by atoms with Crippen molar-refractivity contribution in [1.82, 2.24) is 4.90 Å². The van der Waals surface area contributed by atoms with E-state index in [1.807, 2.05) is 37.3 Å². The molecule has 27 heavy (non-hydrogen) atoms. The molecule has 0 saturated carbocycles. The highest BCUT2D eigenvalue weighted by molar-refractivity contribution is 6.33. The minimum Gasteiger partial charge on any atom is -0.497 e. The largest absolute Gasteiger partial charge is 0.497 e. The lowest BCUT2D eigenvalue weighted by atomic mass is 10.0. The van der Waals surface area contributed by atoms with E-state index in [2.05, 4.69) is 4.90 Å². The van der Waals surface area contributed by atoms with E-state index in [4.69, 9.17) is 25.5 Å². The Morgan fingerprint density at radius 2 is 2.00 bits per heavy atom. The van der Waals surface area contributed by atoms with Crippen LogP contribution in [0.5, 0.6) is 11.5 Å². The molecule has 5 nitrogen and oxygen atoms in total. The first-order chi connectivity index (χ1) is 13.1. The second-order valence-corrected chi connectivity index (χ2v) is 7.00. The minimum absolute atomic E-state index is 0.351. The number of methoxy groups -OCH3 is 1. The summed E-state index contributed by atoms with van der Waals surface area (Å²) >= 11 is 6.45. The van der Waals surface area contributed by atoms with Gasteiger partial charge in [0.1, 0.15) is 23.8 Å². The summed E-state index contributed by atoms with van der Waals surface area (Å²) in [6, 6.07) is 11.3. The quantitative estimate of drug-likeness (QED) is 0.624. The molecule has 0 radical (unpaired) electrons. The summed E-state index contributed by atoms with van der Waals surface area (Å²) in [5.74, 6) is 1.43. The maximum Gasteiger partial charge on any atom is 0.336 e. The Morgan fingerprint density at radius 3 is 2.70 bits per heavy atom. The average Bonchev–Trinajstić information content (AvgIpc) is 2.69. The smallest absolute Gasteiger partial charge is 0.336 e. The Morgan fingerprint density at radius 1 is 1.22 bits per heavy atom. The van der Waals surface area contributed by atoms with Gasteiger partial charge < -0.3 is 13.9 Å². The fraction of sp³-hybridized carbons (Fsp3) is 0.286. The highest BCUT2D eigenvalue weighted by Gasteiger charge is 2.25. The molecule has 1 aliphatic rings. The van der Waals surface area contributed by atoms with Gasteiger partial charge in [-0.25, -0.2) is 4.79 Å². The Balaban J connectivity index is 1.71. The van der Waals surface area contributed by atoms with Crippen molar-refractivity contribution in [2.75, 3.05) is 13.8 Å². The highest BCUT2D eigenvalue weighted by atomic mass is 35.5. The van der Waals surface area contributed by atoms with Gasteiger partial charge in [-0.2, -0.15) is 0 Å². The van der Waals surface area contributed by atoms with Crippen LogP contribution in [0.25, 0.3) is 11.0 Å². The second-order valence-electron chi connectivity index (χ2n) is 6.60. The Bertz CT molecular complexity index is 1040. The molecular weight excluding hydrogens is 366 g/mol. The van der Waals surface area contributed by atoms with Crippen molar-refractivity contribution >= 4 is 22.6 Å². The van der Waals surface area contributed by atoms with Crippen LogP contribution < -0.4 is 15.1 Å².